The van der Waals surface area contributed by atoms with Crippen molar-refractivity contribution >= 4 is 35.0 Å². The first kappa shape index (κ1) is 22.6. The van der Waals surface area contributed by atoms with E-state index in [1.807, 2.05) is 4.57 Å². The summed E-state index contributed by atoms with van der Waals surface area (Å²) in [6, 6.07) is -1.06. The van der Waals surface area contributed by atoms with Crippen LogP contribution in [0.1, 0.15) is 32.1 Å². The van der Waals surface area contributed by atoms with Crippen LogP contribution in [-0.2, 0) is 16.1 Å². The van der Waals surface area contributed by atoms with E-state index in [2.05, 4.69) is 25.6 Å². The van der Waals surface area contributed by atoms with Gasteiger partial charge in [-0.15, -0.1) is 0 Å². The number of nitrogen functional groups attached to an aromatic ring is 1. The number of aliphatic carboxylic acids is 1. The molecule has 13 heteroatoms. The number of aryl methyl sites for hydroxylation is 1. The molecule has 0 aliphatic carbocycles. The van der Waals surface area contributed by atoms with Crippen molar-refractivity contribution in [1.29, 1.82) is 5.41 Å². The minimum absolute atomic E-state index is 0.184. The number of nitrogens with two attached hydrogens (primary N) is 2. The number of anilines is 1. The van der Waals surface area contributed by atoms with Gasteiger partial charge in [0.15, 0.2) is 17.4 Å². The van der Waals surface area contributed by atoms with Crippen LogP contribution in [0, 0.1) is 5.41 Å². The van der Waals surface area contributed by atoms with Gasteiger partial charge in [-0.1, -0.05) is 0 Å². The van der Waals surface area contributed by atoms with Gasteiger partial charge in [0.05, 0.1) is 12.9 Å². The van der Waals surface area contributed by atoms with Crippen LogP contribution in [0.15, 0.2) is 12.7 Å². The normalized spacial score (nSPS) is 11.7. The molecule has 0 aliphatic heterocycles. The number of guanidine groups is 1. The average Bonchev–Trinajstić information content (AvgIpc) is 3.11. The number of hydrogen-bond donors (Lipinski definition) is 6. The number of nitrogens with one attached hydrogen (secondary N) is 3. The van der Waals surface area contributed by atoms with E-state index < -0.39 is 18.1 Å². The number of amides is 1. The van der Waals surface area contributed by atoms with Crippen molar-refractivity contribution in [2.45, 2.75) is 44.7 Å². The molecule has 0 aromatic carbocycles. The Hall–Kier alpha value is -3.64. The molecule has 164 valence electrons. The second kappa shape index (κ2) is 11.4. The number of fused-ring (bicyclic) bond motifs is 1. The van der Waals surface area contributed by atoms with Gasteiger partial charge in [0.25, 0.3) is 0 Å². The summed E-state index contributed by atoms with van der Waals surface area (Å²) in [5.74, 6) is -0.993. The van der Waals surface area contributed by atoms with E-state index in [0.717, 1.165) is 12.8 Å². The molecule has 1 atom stereocenters. The second-order valence-corrected chi connectivity index (χ2v) is 6.58. The van der Waals surface area contributed by atoms with Gasteiger partial charge in [-0.2, -0.15) is 0 Å². The Morgan fingerprint density at radius 1 is 1.23 bits per heavy atom. The quantitative estimate of drug-likeness (QED) is 0.154. The third kappa shape index (κ3) is 7.07. The molecular weight excluding hydrogens is 394 g/mol. The van der Waals surface area contributed by atoms with Crippen LogP contribution in [0.3, 0.4) is 0 Å². The van der Waals surface area contributed by atoms with E-state index in [-0.39, 0.29) is 19.0 Å². The molecule has 1 amide bonds. The van der Waals surface area contributed by atoms with Crippen molar-refractivity contribution in [3.63, 3.8) is 0 Å². The van der Waals surface area contributed by atoms with Crippen molar-refractivity contribution in [2.75, 3.05) is 18.9 Å². The number of imidazole rings is 1. The summed E-state index contributed by atoms with van der Waals surface area (Å²) in [4.78, 5) is 35.3. The molecule has 0 fully saturated rings. The molecule has 30 heavy (non-hydrogen) atoms. The maximum atomic E-state index is 11.8. The number of nitrogens with zero attached hydrogens (tertiary/aromatic N) is 4. The Morgan fingerprint density at radius 2 is 2.03 bits per heavy atom. The van der Waals surface area contributed by atoms with Crippen LogP contribution in [0.5, 0.6) is 0 Å². The van der Waals surface area contributed by atoms with E-state index in [1.54, 1.807) is 6.33 Å². The lowest BCUT2D eigenvalue weighted by Gasteiger charge is -2.14. The zero-order valence-corrected chi connectivity index (χ0v) is 16.5. The highest BCUT2D eigenvalue weighted by atomic mass is 16.5. The third-order valence-corrected chi connectivity index (χ3v) is 4.28. The van der Waals surface area contributed by atoms with Gasteiger partial charge in [0.2, 0.25) is 0 Å². The maximum absolute atomic E-state index is 11.8. The maximum Gasteiger partial charge on any atom is 0.407 e. The molecule has 0 spiro atoms. The first-order chi connectivity index (χ1) is 14.4. The van der Waals surface area contributed by atoms with Crippen molar-refractivity contribution in [1.82, 2.24) is 30.2 Å². The summed E-state index contributed by atoms with van der Waals surface area (Å²) >= 11 is 0. The molecule has 0 aliphatic rings. The number of rotatable bonds is 12. The van der Waals surface area contributed by atoms with Crippen molar-refractivity contribution in [3.8, 4) is 0 Å². The number of alkyl carbamates (subject to hydrolysis) is 1. The summed E-state index contributed by atoms with van der Waals surface area (Å²) in [5.41, 5.74) is 12.2. The predicted molar refractivity (Wildman–Crippen MR) is 109 cm³/mol. The number of carboxylic acids is 1. The second-order valence-electron chi connectivity index (χ2n) is 6.58. The molecule has 0 radical (unpaired) electrons. The lowest BCUT2D eigenvalue weighted by molar-refractivity contribution is -0.139. The molecule has 0 saturated heterocycles. The monoisotopic (exact) mass is 421 g/mol. The minimum Gasteiger partial charge on any atom is -0.480 e. The highest BCUT2D eigenvalue weighted by Crippen LogP contribution is 2.14. The zero-order chi connectivity index (χ0) is 21.9. The first-order valence-corrected chi connectivity index (χ1v) is 9.53. The summed E-state index contributed by atoms with van der Waals surface area (Å²) in [5, 5.41) is 21.1. The molecule has 2 rings (SSSR count). The minimum atomic E-state index is -1.15. The standard InChI is InChI=1S/C17H27N9O4/c18-13-12-14(23-9-22-13)26(10-24-12)7-2-1-3-8-30-17(29)25-11(15(27)28)5-4-6-21-16(19)20/h9-11H,1-8H2,(H,25,29)(H,27,28)(H2,18,22,23)(H4,19,20,21)/t11-/m1/s1. The molecule has 2 aromatic heterocycles. The van der Waals surface area contributed by atoms with Gasteiger partial charge in [-0.05, 0) is 32.1 Å². The summed E-state index contributed by atoms with van der Waals surface area (Å²) in [6.07, 6.45) is 5.17. The molecule has 8 N–H and O–H groups in total. The highest BCUT2D eigenvalue weighted by Gasteiger charge is 2.20. The third-order valence-electron chi connectivity index (χ3n) is 4.28. The largest absolute Gasteiger partial charge is 0.480 e. The van der Waals surface area contributed by atoms with Gasteiger partial charge in [0, 0.05) is 13.1 Å². The van der Waals surface area contributed by atoms with Crippen LogP contribution in [0.2, 0.25) is 0 Å². The SMILES string of the molecule is N=C(N)NCCC[C@@H](NC(=O)OCCCCCn1cnc2c(N)ncnc21)C(=O)O. The first-order valence-electron chi connectivity index (χ1n) is 9.53. The lowest BCUT2D eigenvalue weighted by Crippen LogP contribution is -2.42. The van der Waals surface area contributed by atoms with Crippen molar-refractivity contribution < 1.29 is 19.4 Å². The van der Waals surface area contributed by atoms with Gasteiger partial charge >= 0.3 is 12.1 Å². The summed E-state index contributed by atoms with van der Waals surface area (Å²) in [7, 11) is 0. The molecule has 2 heterocycles. The number of carbonyl (C=O) groups is 2. The number of carboxylic acid groups (broad SMARTS) is 1. The predicted octanol–water partition coefficient (Wildman–Crippen LogP) is 0.0215. The van der Waals surface area contributed by atoms with Gasteiger partial charge in [0.1, 0.15) is 17.9 Å². The molecule has 0 saturated carbocycles. The van der Waals surface area contributed by atoms with E-state index >= 15 is 0 Å². The summed E-state index contributed by atoms with van der Waals surface area (Å²) < 4.78 is 6.94. The fourth-order valence-electron chi connectivity index (χ4n) is 2.76. The molecular formula is C17H27N9O4. The Morgan fingerprint density at radius 3 is 2.77 bits per heavy atom. The van der Waals surface area contributed by atoms with Crippen LogP contribution in [0.25, 0.3) is 11.2 Å². The Bertz CT molecular complexity index is 870. The number of hydrogen-bond acceptors (Lipinski definition) is 8. The molecule has 13 nitrogen and oxygen atoms in total. The average molecular weight is 421 g/mol. The van der Waals surface area contributed by atoms with E-state index in [0.29, 0.717) is 42.9 Å². The number of unbranched alkanes of at least 4 members (excludes halogenated alkanes) is 2. The van der Waals surface area contributed by atoms with Crippen LogP contribution in [0.4, 0.5) is 10.6 Å². The van der Waals surface area contributed by atoms with Gasteiger partial charge in [-0.3, -0.25) is 5.41 Å². The van der Waals surface area contributed by atoms with Crippen molar-refractivity contribution in [2.24, 2.45) is 5.73 Å². The topological polar surface area (TPSA) is 207 Å². The fraction of sp³-hybridized carbons (Fsp3) is 0.529. The molecule has 0 unspecified atom stereocenters. The number of ether oxygens (including phenoxy) is 1. The van der Waals surface area contributed by atoms with Gasteiger partial charge < -0.3 is 36.5 Å². The van der Waals surface area contributed by atoms with E-state index in [4.69, 9.17) is 21.6 Å². The Balaban J connectivity index is 1.62. The molecule has 2 aromatic rings. The number of carbonyl (C=O) groups excluding carboxylic acids is 1. The van der Waals surface area contributed by atoms with Crippen LogP contribution < -0.4 is 22.1 Å². The lowest BCUT2D eigenvalue weighted by atomic mass is 10.1. The Labute approximate surface area is 172 Å². The smallest absolute Gasteiger partial charge is 0.407 e. The summed E-state index contributed by atoms with van der Waals surface area (Å²) in [6.45, 7) is 1.22. The highest BCUT2D eigenvalue weighted by molar-refractivity contribution is 5.81. The van der Waals surface area contributed by atoms with Crippen LogP contribution >= 0.6 is 0 Å². The fourth-order valence-corrected chi connectivity index (χ4v) is 2.76. The van der Waals surface area contributed by atoms with E-state index in [9.17, 15) is 14.7 Å². The van der Waals surface area contributed by atoms with Gasteiger partial charge in [-0.25, -0.2) is 24.5 Å². The molecule has 0 bridgehead atoms. The Kier molecular flexibility index (Phi) is 8.59. The van der Waals surface area contributed by atoms with E-state index in [1.165, 1.54) is 6.33 Å². The number of aromatic nitrogens is 4. The zero-order valence-electron chi connectivity index (χ0n) is 16.5. The van der Waals surface area contributed by atoms with Crippen molar-refractivity contribution in [3.05, 3.63) is 12.7 Å². The van der Waals surface area contributed by atoms with Crippen LogP contribution in [-0.4, -0.2) is 61.8 Å².